The highest BCUT2D eigenvalue weighted by Gasteiger charge is 2.33. The molecule has 0 saturated heterocycles. The minimum absolute atomic E-state index is 0.0433. The summed E-state index contributed by atoms with van der Waals surface area (Å²) >= 11 is 6.49. The van der Waals surface area contributed by atoms with Gasteiger partial charge in [-0.05, 0) is 54.7 Å². The van der Waals surface area contributed by atoms with Gasteiger partial charge in [-0.3, -0.25) is 13.9 Å². The number of nitrogens with one attached hydrogen (secondary N) is 1. The van der Waals surface area contributed by atoms with Gasteiger partial charge in [0.15, 0.2) is 0 Å². The largest absolute Gasteiger partial charge is 0.354 e. The molecule has 3 aromatic carbocycles. The molecule has 0 aromatic heterocycles. The molecule has 0 aliphatic carbocycles. The van der Waals surface area contributed by atoms with Gasteiger partial charge in [-0.15, -0.1) is 0 Å². The maximum absolute atomic E-state index is 14.1. The average Bonchev–Trinajstić information content (AvgIpc) is 2.92. The SMILES string of the molecule is CCCCNC(=O)C(Cc1ccccc1)N(Cc1ccccc1Cl)C(=O)CN(c1cccc(C)c1C)S(C)(=O)=O. The number of nitrogens with zero attached hydrogens (tertiary/aromatic N) is 2. The highest BCUT2D eigenvalue weighted by atomic mass is 35.5. The Balaban J connectivity index is 2.07. The van der Waals surface area contributed by atoms with Crippen molar-refractivity contribution in [3.05, 3.63) is 100 Å². The lowest BCUT2D eigenvalue weighted by molar-refractivity contribution is -0.140. The summed E-state index contributed by atoms with van der Waals surface area (Å²) in [5.74, 6) is -0.798. The van der Waals surface area contributed by atoms with Crippen molar-refractivity contribution in [3.63, 3.8) is 0 Å². The second-order valence-corrected chi connectivity index (χ2v) is 12.3. The van der Waals surface area contributed by atoms with E-state index >= 15 is 0 Å². The summed E-state index contributed by atoms with van der Waals surface area (Å²) in [6.45, 7) is 5.82. The Morgan fingerprint density at radius 1 is 0.950 bits per heavy atom. The maximum Gasteiger partial charge on any atom is 0.244 e. The van der Waals surface area contributed by atoms with E-state index in [-0.39, 0.29) is 18.9 Å². The predicted molar refractivity (Wildman–Crippen MR) is 162 cm³/mol. The van der Waals surface area contributed by atoms with E-state index in [0.29, 0.717) is 22.8 Å². The summed E-state index contributed by atoms with van der Waals surface area (Å²) in [6, 6.07) is 21.1. The fourth-order valence-electron chi connectivity index (χ4n) is 4.47. The number of rotatable bonds is 13. The molecule has 7 nitrogen and oxygen atoms in total. The van der Waals surface area contributed by atoms with Crippen molar-refractivity contribution < 1.29 is 18.0 Å². The first kappa shape index (κ1) is 31.2. The molecule has 3 rings (SSSR count). The van der Waals surface area contributed by atoms with Crippen molar-refractivity contribution in [2.24, 2.45) is 0 Å². The number of halogens is 1. The summed E-state index contributed by atoms with van der Waals surface area (Å²) < 4.78 is 27.1. The highest BCUT2D eigenvalue weighted by Crippen LogP contribution is 2.26. The molecule has 40 heavy (non-hydrogen) atoms. The smallest absolute Gasteiger partial charge is 0.244 e. The van der Waals surface area contributed by atoms with E-state index in [4.69, 9.17) is 11.6 Å². The molecule has 214 valence electrons. The number of carbonyl (C=O) groups excluding carboxylic acids is 2. The highest BCUT2D eigenvalue weighted by molar-refractivity contribution is 7.92. The second-order valence-electron chi connectivity index (χ2n) is 9.95. The van der Waals surface area contributed by atoms with E-state index in [1.54, 1.807) is 30.3 Å². The minimum atomic E-state index is -3.83. The fraction of sp³-hybridized carbons (Fsp3) is 0.355. The van der Waals surface area contributed by atoms with Crippen LogP contribution in [0, 0.1) is 13.8 Å². The van der Waals surface area contributed by atoms with Crippen LogP contribution >= 0.6 is 11.6 Å². The predicted octanol–water partition coefficient (Wildman–Crippen LogP) is 5.28. The van der Waals surface area contributed by atoms with Gasteiger partial charge in [0.05, 0.1) is 11.9 Å². The molecule has 0 fully saturated rings. The van der Waals surface area contributed by atoms with E-state index in [0.717, 1.165) is 40.1 Å². The third-order valence-corrected chi connectivity index (χ3v) is 8.42. The molecular weight excluding hydrogens is 546 g/mol. The minimum Gasteiger partial charge on any atom is -0.354 e. The van der Waals surface area contributed by atoms with Gasteiger partial charge < -0.3 is 10.2 Å². The van der Waals surface area contributed by atoms with E-state index in [9.17, 15) is 18.0 Å². The van der Waals surface area contributed by atoms with E-state index in [1.165, 1.54) is 4.90 Å². The first-order valence-corrected chi connectivity index (χ1v) is 15.6. The maximum atomic E-state index is 14.1. The zero-order valence-electron chi connectivity index (χ0n) is 23.6. The van der Waals surface area contributed by atoms with Crippen molar-refractivity contribution in [2.45, 2.75) is 52.6 Å². The summed E-state index contributed by atoms with van der Waals surface area (Å²) in [5.41, 5.74) is 3.64. The zero-order valence-corrected chi connectivity index (χ0v) is 25.1. The first-order chi connectivity index (χ1) is 19.0. The van der Waals surface area contributed by atoms with E-state index in [1.807, 2.05) is 63.2 Å². The number of benzene rings is 3. The fourth-order valence-corrected chi connectivity index (χ4v) is 5.57. The van der Waals surface area contributed by atoms with Gasteiger partial charge in [0, 0.05) is 24.5 Å². The molecule has 0 heterocycles. The van der Waals surface area contributed by atoms with Crippen LogP contribution in [0.2, 0.25) is 5.02 Å². The summed E-state index contributed by atoms with van der Waals surface area (Å²) in [4.78, 5) is 29.2. The Morgan fingerprint density at radius 3 is 2.27 bits per heavy atom. The van der Waals surface area contributed by atoms with Crippen LogP contribution in [0.4, 0.5) is 5.69 Å². The van der Waals surface area contributed by atoms with Crippen LogP contribution in [0.1, 0.15) is 42.0 Å². The standard InChI is InChI=1S/C31H38ClN3O4S/c1-5-6-19-33-31(37)29(20-25-14-8-7-9-15-25)34(21-26-16-10-11-17-27(26)32)30(36)22-35(40(4,38)39)28-18-12-13-23(2)24(28)3/h7-18,29H,5-6,19-22H2,1-4H3,(H,33,37). The molecule has 0 bridgehead atoms. The Morgan fingerprint density at radius 2 is 1.62 bits per heavy atom. The number of unbranched alkanes of at least 4 members (excludes halogenated alkanes) is 1. The summed E-state index contributed by atoms with van der Waals surface area (Å²) in [6.07, 6.45) is 3.05. The first-order valence-electron chi connectivity index (χ1n) is 13.4. The molecule has 2 amide bonds. The number of hydrogen-bond acceptors (Lipinski definition) is 4. The Labute approximate surface area is 243 Å². The number of anilines is 1. The van der Waals surface area contributed by atoms with Crippen LogP contribution in [0.5, 0.6) is 0 Å². The molecule has 0 radical (unpaired) electrons. The Kier molecular flexibility index (Phi) is 11.2. The average molecular weight is 584 g/mol. The van der Waals surface area contributed by atoms with Crippen molar-refractivity contribution in [1.82, 2.24) is 10.2 Å². The van der Waals surface area contributed by atoms with Gasteiger partial charge in [-0.2, -0.15) is 0 Å². The second kappa shape index (κ2) is 14.3. The van der Waals surface area contributed by atoms with Crippen LogP contribution in [0.3, 0.4) is 0 Å². The van der Waals surface area contributed by atoms with E-state index in [2.05, 4.69) is 5.32 Å². The van der Waals surface area contributed by atoms with Crippen molar-refractivity contribution in [2.75, 3.05) is 23.7 Å². The van der Waals surface area contributed by atoms with Crippen molar-refractivity contribution >= 4 is 39.1 Å². The number of hydrogen-bond donors (Lipinski definition) is 1. The van der Waals surface area contributed by atoms with Gasteiger partial charge in [-0.25, -0.2) is 8.42 Å². The third-order valence-electron chi connectivity index (χ3n) is 6.92. The van der Waals surface area contributed by atoms with Crippen molar-refractivity contribution in [1.29, 1.82) is 0 Å². The van der Waals surface area contributed by atoms with Gasteiger partial charge in [-0.1, -0.05) is 85.6 Å². The van der Waals surface area contributed by atoms with Crippen LogP contribution in [-0.2, 0) is 32.6 Å². The van der Waals surface area contributed by atoms with Crippen LogP contribution in [-0.4, -0.2) is 50.5 Å². The van der Waals surface area contributed by atoms with Crippen LogP contribution in [0.15, 0.2) is 72.8 Å². The Bertz CT molecular complexity index is 1410. The quantitative estimate of drug-likeness (QED) is 0.277. The van der Waals surface area contributed by atoms with Gasteiger partial charge in [0.2, 0.25) is 21.8 Å². The van der Waals surface area contributed by atoms with Crippen LogP contribution < -0.4 is 9.62 Å². The van der Waals surface area contributed by atoms with Gasteiger partial charge in [0.1, 0.15) is 12.6 Å². The molecule has 0 aliphatic heterocycles. The molecule has 0 aliphatic rings. The van der Waals surface area contributed by atoms with Crippen molar-refractivity contribution in [3.8, 4) is 0 Å². The molecule has 9 heteroatoms. The van der Waals surface area contributed by atoms with Crippen LogP contribution in [0.25, 0.3) is 0 Å². The molecule has 3 aromatic rings. The van der Waals surface area contributed by atoms with Gasteiger partial charge >= 0.3 is 0 Å². The number of carbonyl (C=O) groups is 2. The monoisotopic (exact) mass is 583 g/mol. The number of amides is 2. The third kappa shape index (κ3) is 8.32. The molecule has 1 atom stereocenters. The Hall–Kier alpha value is -3.36. The molecule has 1 unspecified atom stereocenters. The number of sulfonamides is 1. The normalized spacial score (nSPS) is 12.0. The zero-order chi connectivity index (χ0) is 29.3. The molecule has 0 saturated carbocycles. The summed E-state index contributed by atoms with van der Waals surface area (Å²) in [7, 11) is -3.83. The summed E-state index contributed by atoms with van der Waals surface area (Å²) in [5, 5.41) is 3.43. The lowest BCUT2D eigenvalue weighted by Gasteiger charge is -2.34. The van der Waals surface area contributed by atoms with Gasteiger partial charge in [0.25, 0.3) is 0 Å². The molecule has 1 N–H and O–H groups in total. The topological polar surface area (TPSA) is 86.8 Å². The lowest BCUT2D eigenvalue weighted by atomic mass is 10.0. The number of aryl methyl sites for hydroxylation is 1. The molecular formula is C31H38ClN3O4S. The molecule has 0 spiro atoms. The van der Waals surface area contributed by atoms with E-state index < -0.39 is 28.5 Å². The lowest BCUT2D eigenvalue weighted by Crippen LogP contribution is -2.53.